The highest BCUT2D eigenvalue weighted by Crippen LogP contribution is 2.30. The number of carbonyl (C=O) groups excluding carboxylic acids is 1. The number of pyridine rings is 1. The molecule has 0 saturated carbocycles. The summed E-state index contributed by atoms with van der Waals surface area (Å²) in [6.45, 7) is 3.26. The second kappa shape index (κ2) is 6.44. The van der Waals surface area contributed by atoms with Gasteiger partial charge in [0, 0.05) is 38.3 Å². The second-order valence-corrected chi connectivity index (χ2v) is 6.81. The van der Waals surface area contributed by atoms with E-state index in [2.05, 4.69) is 15.4 Å². The summed E-state index contributed by atoms with van der Waals surface area (Å²) in [6.07, 6.45) is 4.97. The molecule has 136 valence electrons. The van der Waals surface area contributed by atoms with Gasteiger partial charge in [-0.15, -0.1) is 0 Å². The SMILES string of the molecule is Cc1c(-c2cc3ncn(C)c3c(OCC[C@H]3CNC(=O)C3)n2)cnn1C. The molecule has 0 aromatic carbocycles. The Balaban J connectivity index is 1.62. The molecule has 0 spiro atoms. The van der Waals surface area contributed by atoms with Gasteiger partial charge < -0.3 is 14.6 Å². The van der Waals surface area contributed by atoms with Crippen LogP contribution in [0.4, 0.5) is 0 Å². The molecule has 0 unspecified atom stereocenters. The first kappa shape index (κ1) is 16.6. The van der Waals surface area contributed by atoms with Gasteiger partial charge in [0.25, 0.3) is 0 Å². The third-order valence-electron chi connectivity index (χ3n) is 5.00. The van der Waals surface area contributed by atoms with Gasteiger partial charge in [-0.1, -0.05) is 0 Å². The van der Waals surface area contributed by atoms with Crippen LogP contribution in [-0.2, 0) is 18.9 Å². The minimum atomic E-state index is 0.121. The lowest BCUT2D eigenvalue weighted by atomic mass is 10.1. The Morgan fingerprint density at radius 3 is 2.92 bits per heavy atom. The highest BCUT2D eigenvalue weighted by molar-refractivity contribution is 5.84. The molecular weight excluding hydrogens is 332 g/mol. The summed E-state index contributed by atoms with van der Waals surface area (Å²) in [5, 5.41) is 7.16. The van der Waals surface area contributed by atoms with Gasteiger partial charge in [-0.05, 0) is 25.3 Å². The molecule has 8 nitrogen and oxygen atoms in total. The average molecular weight is 354 g/mol. The number of nitrogens with one attached hydrogen (secondary N) is 1. The molecular formula is C18H22N6O2. The summed E-state index contributed by atoms with van der Waals surface area (Å²) in [6, 6.07) is 1.96. The molecule has 4 heterocycles. The van der Waals surface area contributed by atoms with Gasteiger partial charge in [-0.2, -0.15) is 5.10 Å². The molecule has 0 aliphatic carbocycles. The molecule has 3 aromatic rings. The maximum atomic E-state index is 11.3. The highest BCUT2D eigenvalue weighted by Gasteiger charge is 2.22. The molecule has 1 N–H and O–H groups in total. The van der Waals surface area contributed by atoms with Crippen molar-refractivity contribution in [1.29, 1.82) is 0 Å². The monoisotopic (exact) mass is 354 g/mol. The molecule has 4 rings (SSSR count). The van der Waals surface area contributed by atoms with Crippen molar-refractivity contribution >= 4 is 16.9 Å². The Labute approximate surface area is 151 Å². The summed E-state index contributed by atoms with van der Waals surface area (Å²) in [5.41, 5.74) is 4.52. The topological polar surface area (TPSA) is 86.9 Å². The van der Waals surface area contributed by atoms with E-state index in [-0.39, 0.29) is 5.91 Å². The van der Waals surface area contributed by atoms with Crippen molar-refractivity contribution in [2.75, 3.05) is 13.2 Å². The zero-order chi connectivity index (χ0) is 18.3. The Kier molecular flexibility index (Phi) is 4.10. The van der Waals surface area contributed by atoms with Crippen molar-refractivity contribution < 1.29 is 9.53 Å². The van der Waals surface area contributed by atoms with Crippen molar-refractivity contribution in [2.45, 2.75) is 19.8 Å². The van der Waals surface area contributed by atoms with Crippen molar-refractivity contribution in [3.05, 3.63) is 24.3 Å². The van der Waals surface area contributed by atoms with Crippen LogP contribution in [0.25, 0.3) is 22.3 Å². The van der Waals surface area contributed by atoms with E-state index in [1.54, 1.807) is 6.33 Å². The Morgan fingerprint density at radius 1 is 1.38 bits per heavy atom. The maximum absolute atomic E-state index is 11.3. The molecule has 1 amide bonds. The standard InChI is InChI=1S/C18H22N6O2/c1-11-13(9-21-24(11)3)14-7-15-17(23(2)10-20-15)18(22-14)26-5-4-12-6-16(25)19-8-12/h7,9-10,12H,4-6,8H2,1-3H3,(H,19,25)/t12-/m1/s1. The quantitative estimate of drug-likeness (QED) is 0.752. The van der Waals surface area contributed by atoms with E-state index < -0.39 is 0 Å². The predicted octanol–water partition coefficient (Wildman–Crippen LogP) is 1.58. The number of ether oxygens (including phenoxy) is 1. The number of hydrogen-bond donors (Lipinski definition) is 1. The number of aromatic nitrogens is 5. The first-order valence-electron chi connectivity index (χ1n) is 8.73. The van der Waals surface area contributed by atoms with E-state index in [1.807, 2.05) is 42.5 Å². The Bertz CT molecular complexity index is 974. The van der Waals surface area contributed by atoms with Gasteiger partial charge in [0.1, 0.15) is 5.52 Å². The molecule has 1 fully saturated rings. The van der Waals surface area contributed by atoms with Gasteiger partial charge >= 0.3 is 0 Å². The Morgan fingerprint density at radius 2 is 2.23 bits per heavy atom. The molecule has 0 radical (unpaired) electrons. The summed E-state index contributed by atoms with van der Waals surface area (Å²) < 4.78 is 9.76. The van der Waals surface area contributed by atoms with Crippen LogP contribution in [0.2, 0.25) is 0 Å². The van der Waals surface area contributed by atoms with E-state index in [1.165, 1.54) is 0 Å². The number of carbonyl (C=O) groups is 1. The van der Waals surface area contributed by atoms with E-state index in [0.29, 0.717) is 24.8 Å². The fourth-order valence-electron chi connectivity index (χ4n) is 3.32. The van der Waals surface area contributed by atoms with Gasteiger partial charge in [-0.25, -0.2) is 9.97 Å². The number of fused-ring (bicyclic) bond motifs is 1. The Hall–Kier alpha value is -2.90. The second-order valence-electron chi connectivity index (χ2n) is 6.81. The number of nitrogens with zero attached hydrogens (tertiary/aromatic N) is 5. The van der Waals surface area contributed by atoms with Crippen molar-refractivity contribution in [1.82, 2.24) is 29.6 Å². The molecule has 1 saturated heterocycles. The minimum Gasteiger partial charge on any atom is -0.476 e. The third-order valence-corrected chi connectivity index (χ3v) is 5.00. The van der Waals surface area contributed by atoms with Crippen LogP contribution < -0.4 is 10.1 Å². The number of hydrogen-bond acceptors (Lipinski definition) is 5. The summed E-state index contributed by atoms with van der Waals surface area (Å²) in [5.74, 6) is 1.02. The first-order valence-corrected chi connectivity index (χ1v) is 8.73. The van der Waals surface area contributed by atoms with Crippen LogP contribution in [0.5, 0.6) is 5.88 Å². The van der Waals surface area contributed by atoms with Crippen LogP contribution in [0.1, 0.15) is 18.5 Å². The molecule has 8 heteroatoms. The summed E-state index contributed by atoms with van der Waals surface area (Å²) in [7, 11) is 3.84. The maximum Gasteiger partial charge on any atom is 0.240 e. The summed E-state index contributed by atoms with van der Waals surface area (Å²) in [4.78, 5) is 20.5. The molecule has 1 aliphatic rings. The van der Waals surface area contributed by atoms with E-state index in [4.69, 9.17) is 9.72 Å². The largest absolute Gasteiger partial charge is 0.476 e. The molecule has 26 heavy (non-hydrogen) atoms. The van der Waals surface area contributed by atoms with Crippen molar-refractivity contribution in [3.63, 3.8) is 0 Å². The van der Waals surface area contributed by atoms with E-state index in [9.17, 15) is 4.79 Å². The minimum absolute atomic E-state index is 0.121. The zero-order valence-corrected chi connectivity index (χ0v) is 15.2. The van der Waals surface area contributed by atoms with E-state index >= 15 is 0 Å². The van der Waals surface area contributed by atoms with Crippen LogP contribution >= 0.6 is 0 Å². The van der Waals surface area contributed by atoms with Crippen LogP contribution in [0.15, 0.2) is 18.6 Å². The lowest BCUT2D eigenvalue weighted by molar-refractivity contribution is -0.119. The molecule has 1 aliphatic heterocycles. The number of amides is 1. The molecule has 1 atom stereocenters. The van der Waals surface area contributed by atoms with Crippen LogP contribution in [0.3, 0.4) is 0 Å². The predicted molar refractivity (Wildman–Crippen MR) is 96.7 cm³/mol. The number of imidazole rings is 1. The molecule has 3 aromatic heterocycles. The lowest BCUT2D eigenvalue weighted by Gasteiger charge is -2.11. The third kappa shape index (κ3) is 2.91. The van der Waals surface area contributed by atoms with Gasteiger partial charge in [0.2, 0.25) is 11.8 Å². The van der Waals surface area contributed by atoms with Gasteiger partial charge in [-0.3, -0.25) is 9.48 Å². The van der Waals surface area contributed by atoms with E-state index in [0.717, 1.165) is 41.0 Å². The van der Waals surface area contributed by atoms with Gasteiger partial charge in [0.05, 0.1) is 30.3 Å². The molecule has 0 bridgehead atoms. The fraction of sp³-hybridized carbons (Fsp3) is 0.444. The number of aryl methyl sites for hydroxylation is 2. The average Bonchev–Trinajstić information content (AvgIpc) is 3.29. The van der Waals surface area contributed by atoms with Crippen molar-refractivity contribution in [3.8, 4) is 17.1 Å². The summed E-state index contributed by atoms with van der Waals surface area (Å²) >= 11 is 0. The van der Waals surface area contributed by atoms with Crippen molar-refractivity contribution in [2.24, 2.45) is 20.0 Å². The first-order chi connectivity index (χ1) is 12.5. The van der Waals surface area contributed by atoms with Crippen LogP contribution in [0, 0.1) is 12.8 Å². The fourth-order valence-corrected chi connectivity index (χ4v) is 3.32. The van der Waals surface area contributed by atoms with Gasteiger partial charge in [0.15, 0.2) is 0 Å². The number of rotatable bonds is 5. The highest BCUT2D eigenvalue weighted by atomic mass is 16.5. The lowest BCUT2D eigenvalue weighted by Crippen LogP contribution is -2.14. The smallest absolute Gasteiger partial charge is 0.240 e. The normalized spacial score (nSPS) is 17.0. The van der Waals surface area contributed by atoms with Crippen LogP contribution in [-0.4, -0.2) is 43.4 Å². The zero-order valence-electron chi connectivity index (χ0n) is 15.2.